The molecule has 0 aliphatic carbocycles. The number of anilines is 2. The van der Waals surface area contributed by atoms with Gasteiger partial charge in [-0.3, -0.25) is 4.99 Å². The second-order valence-electron chi connectivity index (χ2n) is 8.56. The molecule has 1 aliphatic heterocycles. The quantitative estimate of drug-likeness (QED) is 0.184. The number of benzene rings is 1. The van der Waals surface area contributed by atoms with Crippen molar-refractivity contribution in [2.75, 3.05) is 25.6 Å². The van der Waals surface area contributed by atoms with Gasteiger partial charge in [0.2, 0.25) is 0 Å². The van der Waals surface area contributed by atoms with Gasteiger partial charge in [-0.1, -0.05) is 11.6 Å². The van der Waals surface area contributed by atoms with Crippen LogP contribution in [-0.2, 0) is 16.0 Å². The van der Waals surface area contributed by atoms with Crippen LogP contribution in [0.15, 0.2) is 41.9 Å². The highest BCUT2D eigenvalue weighted by Gasteiger charge is 2.17. The second-order valence-corrected chi connectivity index (χ2v) is 8.92. The predicted molar refractivity (Wildman–Crippen MR) is 152 cm³/mol. The third-order valence-electron chi connectivity index (χ3n) is 6.00. The topological polar surface area (TPSA) is 169 Å². The highest BCUT2D eigenvalue weighted by Crippen LogP contribution is 2.34. The molecule has 1 aromatic carbocycles. The fraction of sp³-hybridized carbons (Fsp3) is 0.222. The Labute approximate surface area is 238 Å². The van der Waals surface area contributed by atoms with Crippen molar-refractivity contribution < 1.29 is 23.8 Å². The van der Waals surface area contributed by atoms with Gasteiger partial charge in [0.15, 0.2) is 0 Å². The van der Waals surface area contributed by atoms with Crippen LogP contribution >= 0.6 is 11.6 Å². The van der Waals surface area contributed by atoms with Crippen LogP contribution < -0.4 is 10.1 Å². The number of aromatic amines is 2. The fourth-order valence-corrected chi connectivity index (χ4v) is 4.31. The number of halogens is 1. The minimum atomic E-state index is -0.428. The van der Waals surface area contributed by atoms with E-state index >= 15 is 0 Å². The van der Waals surface area contributed by atoms with Crippen LogP contribution in [0.5, 0.6) is 5.75 Å². The summed E-state index contributed by atoms with van der Waals surface area (Å²) >= 11 is 5.83. The van der Waals surface area contributed by atoms with Crippen LogP contribution in [-0.4, -0.2) is 68.4 Å². The number of methoxy groups -OCH3 is 1. The number of aromatic nitrogens is 6. The Morgan fingerprint density at radius 2 is 1.54 bits per heavy atom. The minimum absolute atomic E-state index is 0.304. The molecular formula is C27H25ClN8O5. The molecule has 0 atom stereocenters. The largest absolute Gasteiger partial charge is 0.495 e. The van der Waals surface area contributed by atoms with Gasteiger partial charge in [0.25, 0.3) is 0 Å². The Morgan fingerprint density at radius 3 is 2.17 bits per heavy atom. The van der Waals surface area contributed by atoms with Gasteiger partial charge in [-0.2, -0.15) is 0 Å². The van der Waals surface area contributed by atoms with Gasteiger partial charge in [-0.15, -0.1) is 0 Å². The molecule has 0 saturated carbocycles. The standard InChI is InChI=1S/C18H17N5O3.C9H8ClN3O2/c1-3-26-18(24)14-6-12-16(20-9-21-17(12)23-14)22-13-4-10-7-19-8-11(10)5-15(13)25-2;1-2-15-9(14)6-3-5-7(10)11-4-12-8(5)13-6/h4-7,9H,3,8H2,1-2H3,(H2,20,21,22,23);3-4H,2H2,1H3,(H,11,12,13). The van der Waals surface area contributed by atoms with E-state index in [1.54, 1.807) is 33.1 Å². The third kappa shape index (κ3) is 5.79. The van der Waals surface area contributed by atoms with E-state index in [-0.39, 0.29) is 0 Å². The molecule has 3 N–H and O–H groups in total. The van der Waals surface area contributed by atoms with Crippen LogP contribution in [0.1, 0.15) is 46.0 Å². The summed E-state index contributed by atoms with van der Waals surface area (Å²) in [7, 11) is 1.62. The highest BCUT2D eigenvalue weighted by atomic mass is 35.5. The molecule has 1 aliphatic rings. The van der Waals surface area contributed by atoms with Crippen LogP contribution in [0.2, 0.25) is 5.15 Å². The highest BCUT2D eigenvalue weighted by molar-refractivity contribution is 6.34. The second kappa shape index (κ2) is 12.0. The zero-order valence-corrected chi connectivity index (χ0v) is 23.1. The number of carbonyl (C=O) groups excluding carboxylic acids is 2. The van der Waals surface area contributed by atoms with Crippen molar-refractivity contribution >= 4 is 63.3 Å². The van der Waals surface area contributed by atoms with Crippen LogP contribution in [0.25, 0.3) is 22.1 Å². The van der Waals surface area contributed by atoms with Gasteiger partial charge in [0.1, 0.15) is 52.1 Å². The summed E-state index contributed by atoms with van der Waals surface area (Å²) in [6.07, 6.45) is 4.60. The lowest BCUT2D eigenvalue weighted by Crippen LogP contribution is -2.04. The van der Waals surface area contributed by atoms with Crippen molar-refractivity contribution in [1.82, 2.24) is 29.9 Å². The Hall–Kier alpha value is -5.04. The molecule has 4 aromatic heterocycles. The van der Waals surface area contributed by atoms with Gasteiger partial charge in [-0.25, -0.2) is 29.5 Å². The van der Waals surface area contributed by atoms with Crippen molar-refractivity contribution in [1.29, 1.82) is 0 Å². The van der Waals surface area contributed by atoms with Gasteiger partial charge < -0.3 is 29.5 Å². The van der Waals surface area contributed by atoms with Crippen molar-refractivity contribution in [3.8, 4) is 5.75 Å². The molecule has 5 aromatic rings. The molecule has 0 amide bonds. The van der Waals surface area contributed by atoms with E-state index in [2.05, 4.69) is 40.2 Å². The number of carbonyl (C=O) groups is 2. The van der Waals surface area contributed by atoms with E-state index in [1.165, 1.54) is 12.7 Å². The molecule has 13 nitrogen and oxygen atoms in total. The first-order chi connectivity index (χ1) is 19.9. The maximum atomic E-state index is 12.0. The summed E-state index contributed by atoms with van der Waals surface area (Å²) < 4.78 is 15.4. The molecule has 0 unspecified atom stereocenters. The van der Waals surface area contributed by atoms with Crippen LogP contribution in [0.4, 0.5) is 11.5 Å². The van der Waals surface area contributed by atoms with E-state index in [1.807, 2.05) is 18.3 Å². The smallest absolute Gasteiger partial charge is 0.354 e. The minimum Gasteiger partial charge on any atom is -0.495 e. The van der Waals surface area contributed by atoms with Crippen molar-refractivity contribution in [3.63, 3.8) is 0 Å². The molecule has 6 rings (SSSR count). The van der Waals surface area contributed by atoms with E-state index < -0.39 is 11.9 Å². The third-order valence-corrected chi connectivity index (χ3v) is 6.30. The summed E-state index contributed by atoms with van der Waals surface area (Å²) in [6, 6.07) is 7.19. The number of hydrogen-bond donors (Lipinski definition) is 3. The van der Waals surface area contributed by atoms with Gasteiger partial charge >= 0.3 is 11.9 Å². The first kappa shape index (κ1) is 27.5. The van der Waals surface area contributed by atoms with Gasteiger partial charge in [0, 0.05) is 6.21 Å². The Morgan fingerprint density at radius 1 is 0.902 bits per heavy atom. The Bertz CT molecular complexity index is 1780. The fourth-order valence-electron chi connectivity index (χ4n) is 4.12. The average Bonchev–Trinajstić information content (AvgIpc) is 3.72. The normalized spacial score (nSPS) is 11.6. The lowest BCUT2D eigenvalue weighted by atomic mass is 10.1. The number of H-pyrrole nitrogens is 2. The first-order valence-corrected chi connectivity index (χ1v) is 12.9. The van der Waals surface area contributed by atoms with E-state index in [4.69, 9.17) is 25.8 Å². The molecule has 0 bridgehead atoms. The summed E-state index contributed by atoms with van der Waals surface area (Å²) in [4.78, 5) is 49.6. The Balaban J connectivity index is 0.000000191. The van der Waals surface area contributed by atoms with Crippen LogP contribution in [0.3, 0.4) is 0 Å². The predicted octanol–water partition coefficient (Wildman–Crippen LogP) is 4.61. The van der Waals surface area contributed by atoms with Crippen molar-refractivity contribution in [3.05, 3.63) is 64.6 Å². The number of rotatable bonds is 7. The zero-order valence-electron chi connectivity index (χ0n) is 22.3. The van der Waals surface area contributed by atoms with Gasteiger partial charge in [0.05, 0.1) is 43.3 Å². The number of nitrogens with one attached hydrogen (secondary N) is 3. The van der Waals surface area contributed by atoms with E-state index in [0.29, 0.717) is 69.9 Å². The number of ether oxygens (including phenoxy) is 3. The number of aliphatic imine (C=N–C) groups is 1. The number of hydrogen-bond acceptors (Lipinski definition) is 11. The maximum Gasteiger partial charge on any atom is 0.354 e. The zero-order chi connectivity index (χ0) is 28.9. The number of nitrogens with zero attached hydrogens (tertiary/aromatic N) is 5. The number of esters is 2. The molecular weight excluding hydrogens is 552 g/mol. The SMILES string of the molecule is CCOC(=O)c1cc2c(Cl)ncnc2[nH]1.CCOC(=O)c1cc2c(Nc3cc4c(cc3OC)CN=C4)ncnc2[nH]1. The van der Waals surface area contributed by atoms with Crippen molar-refractivity contribution in [2.24, 2.45) is 4.99 Å². The monoisotopic (exact) mass is 576 g/mol. The molecule has 5 heterocycles. The maximum absolute atomic E-state index is 12.0. The summed E-state index contributed by atoms with van der Waals surface area (Å²) in [5.41, 5.74) is 4.66. The molecule has 0 saturated heterocycles. The van der Waals surface area contributed by atoms with E-state index in [0.717, 1.165) is 16.8 Å². The average molecular weight is 577 g/mol. The van der Waals surface area contributed by atoms with Crippen molar-refractivity contribution in [2.45, 2.75) is 20.4 Å². The molecule has 210 valence electrons. The van der Waals surface area contributed by atoms with Crippen LogP contribution in [0, 0.1) is 0 Å². The molecule has 14 heteroatoms. The molecule has 0 fully saturated rings. The lowest BCUT2D eigenvalue weighted by molar-refractivity contribution is 0.0511. The molecule has 41 heavy (non-hydrogen) atoms. The first-order valence-electron chi connectivity index (χ1n) is 12.6. The molecule has 0 spiro atoms. The number of fused-ring (bicyclic) bond motifs is 3. The summed E-state index contributed by atoms with van der Waals surface area (Å²) in [5.74, 6) is 0.409. The molecule has 0 radical (unpaired) electrons. The summed E-state index contributed by atoms with van der Waals surface area (Å²) in [6.45, 7) is 4.79. The lowest BCUT2D eigenvalue weighted by Gasteiger charge is -2.13. The van der Waals surface area contributed by atoms with Gasteiger partial charge in [-0.05, 0) is 49.2 Å². The Kier molecular flexibility index (Phi) is 8.06. The summed E-state index contributed by atoms with van der Waals surface area (Å²) in [5, 5.41) is 4.88. The van der Waals surface area contributed by atoms with E-state index in [9.17, 15) is 9.59 Å².